The second-order valence-corrected chi connectivity index (χ2v) is 10.0. The lowest BCUT2D eigenvalue weighted by Crippen LogP contribution is -2.38. The summed E-state index contributed by atoms with van der Waals surface area (Å²) in [6, 6.07) is 5.57. The molecule has 13 heteroatoms. The van der Waals surface area contributed by atoms with Gasteiger partial charge >= 0.3 is 6.18 Å². The SMILES string of the molecule is CN(CC1(C)CCS(=O)CC1)c1cc(Oc2ncc(F)cc2OCC(F)(F)F)ccc1N.NC=O. The van der Waals surface area contributed by atoms with Crippen LogP contribution in [0.4, 0.5) is 28.9 Å². The zero-order chi connectivity index (χ0) is 26.2. The number of alkyl halides is 3. The lowest BCUT2D eigenvalue weighted by Gasteiger charge is -2.37. The number of ether oxygens (including phenoxy) is 2. The molecule has 1 aromatic carbocycles. The summed E-state index contributed by atoms with van der Waals surface area (Å²) in [6.45, 7) is 1.21. The summed E-state index contributed by atoms with van der Waals surface area (Å²) in [4.78, 5) is 14.3. The molecule has 1 amide bonds. The second kappa shape index (κ2) is 12.0. The fourth-order valence-electron chi connectivity index (χ4n) is 3.54. The normalized spacial score (nSPS) is 19.8. The fraction of sp³-hybridized carbons (Fsp3) is 0.455. The molecular formula is C22H28F4N4O4S. The van der Waals surface area contributed by atoms with Crippen LogP contribution in [0.2, 0.25) is 0 Å². The van der Waals surface area contributed by atoms with Crippen molar-refractivity contribution in [3.8, 4) is 17.4 Å². The van der Waals surface area contributed by atoms with Gasteiger partial charge in [0.1, 0.15) is 11.6 Å². The summed E-state index contributed by atoms with van der Waals surface area (Å²) in [5, 5.41) is 0. The molecule has 35 heavy (non-hydrogen) atoms. The third-order valence-corrected chi connectivity index (χ3v) is 6.61. The van der Waals surface area contributed by atoms with Crippen LogP contribution in [0.25, 0.3) is 0 Å². The van der Waals surface area contributed by atoms with Crippen molar-refractivity contribution in [2.45, 2.75) is 25.9 Å². The highest BCUT2D eigenvalue weighted by atomic mass is 32.2. The number of benzene rings is 1. The number of primary amides is 1. The molecule has 1 aliphatic rings. The van der Waals surface area contributed by atoms with Crippen molar-refractivity contribution in [3.05, 3.63) is 36.3 Å². The Morgan fingerprint density at radius 2 is 1.89 bits per heavy atom. The minimum atomic E-state index is -4.59. The first-order valence-electron chi connectivity index (χ1n) is 10.5. The van der Waals surface area contributed by atoms with Crippen LogP contribution in [0.15, 0.2) is 30.5 Å². The number of nitrogens with zero attached hydrogens (tertiary/aromatic N) is 2. The van der Waals surface area contributed by atoms with Crippen LogP contribution in [-0.2, 0) is 15.6 Å². The van der Waals surface area contributed by atoms with Crippen molar-refractivity contribution >= 4 is 28.6 Å². The minimum Gasteiger partial charge on any atom is -0.478 e. The van der Waals surface area contributed by atoms with Gasteiger partial charge in [0.05, 0.1) is 17.6 Å². The van der Waals surface area contributed by atoms with E-state index in [9.17, 15) is 21.8 Å². The Kier molecular flexibility index (Phi) is 9.69. The number of halogens is 4. The maximum Gasteiger partial charge on any atom is 0.422 e. The van der Waals surface area contributed by atoms with Crippen LogP contribution < -0.4 is 25.8 Å². The summed E-state index contributed by atoms with van der Waals surface area (Å²) in [7, 11) is 1.11. The third kappa shape index (κ3) is 8.89. The molecule has 0 radical (unpaired) electrons. The lowest BCUT2D eigenvalue weighted by molar-refractivity contribution is -0.153. The number of carbonyl (C=O) groups is 1. The zero-order valence-electron chi connectivity index (χ0n) is 19.3. The first-order valence-corrected chi connectivity index (χ1v) is 12.0. The maximum absolute atomic E-state index is 13.5. The molecule has 0 unspecified atom stereocenters. The molecule has 3 rings (SSSR count). The van der Waals surface area contributed by atoms with Crippen LogP contribution in [0, 0.1) is 11.2 Å². The molecule has 1 aliphatic heterocycles. The van der Waals surface area contributed by atoms with Gasteiger partial charge in [-0.25, -0.2) is 9.37 Å². The average Bonchev–Trinajstić information content (AvgIpc) is 2.77. The van der Waals surface area contributed by atoms with Gasteiger partial charge in [-0.2, -0.15) is 13.2 Å². The van der Waals surface area contributed by atoms with E-state index in [2.05, 4.69) is 22.4 Å². The Labute approximate surface area is 203 Å². The van der Waals surface area contributed by atoms with Crippen LogP contribution >= 0.6 is 0 Å². The van der Waals surface area contributed by atoms with Crippen molar-refractivity contribution in [1.82, 2.24) is 4.98 Å². The number of amides is 1. The number of carbonyl (C=O) groups excluding carboxylic acids is 1. The highest BCUT2D eigenvalue weighted by Crippen LogP contribution is 2.37. The molecule has 0 spiro atoms. The molecule has 1 aromatic heterocycles. The standard InChI is InChI=1S/C21H25F4N3O3S.CH3NO/c1-20(5-7-32(29)8-6-20)12-28(2)17-10-15(3-4-16(17)26)31-19-18(9-14(22)11-27-19)30-13-21(23,24)25;2-1-3/h3-4,9-11H,5-8,12-13,26H2,1-2H3;1H,(H2,2,3). The van der Waals surface area contributed by atoms with Crippen LogP contribution in [0.5, 0.6) is 17.4 Å². The van der Waals surface area contributed by atoms with Gasteiger partial charge in [-0.3, -0.25) is 9.00 Å². The molecule has 194 valence electrons. The van der Waals surface area contributed by atoms with Crippen molar-refractivity contribution in [3.63, 3.8) is 0 Å². The van der Waals surface area contributed by atoms with Crippen molar-refractivity contribution in [2.75, 3.05) is 42.3 Å². The number of hydrogen-bond donors (Lipinski definition) is 2. The van der Waals surface area contributed by atoms with Gasteiger partial charge < -0.3 is 25.8 Å². The summed E-state index contributed by atoms with van der Waals surface area (Å²) >= 11 is 0. The minimum absolute atomic E-state index is 0.0247. The number of hydrogen-bond acceptors (Lipinski definition) is 7. The quantitative estimate of drug-likeness (QED) is 0.325. The lowest BCUT2D eigenvalue weighted by atomic mass is 9.83. The van der Waals surface area contributed by atoms with E-state index < -0.39 is 35.1 Å². The summed E-state index contributed by atoms with van der Waals surface area (Å²) in [6.07, 6.45) is -1.85. The summed E-state index contributed by atoms with van der Waals surface area (Å²) in [5.74, 6) is -0.0202. The Morgan fingerprint density at radius 3 is 2.49 bits per heavy atom. The summed E-state index contributed by atoms with van der Waals surface area (Å²) in [5.41, 5.74) is 11.4. The fourth-order valence-corrected chi connectivity index (χ4v) is 5.19. The predicted octanol–water partition coefficient (Wildman–Crippen LogP) is 3.62. The van der Waals surface area contributed by atoms with Gasteiger partial charge in [0.25, 0.3) is 5.88 Å². The molecule has 1 fully saturated rings. The van der Waals surface area contributed by atoms with Crippen LogP contribution in [0.3, 0.4) is 0 Å². The van der Waals surface area contributed by atoms with E-state index in [1.165, 1.54) is 6.07 Å². The third-order valence-electron chi connectivity index (χ3n) is 5.29. The number of rotatable bonds is 7. The van der Waals surface area contributed by atoms with E-state index in [-0.39, 0.29) is 23.5 Å². The van der Waals surface area contributed by atoms with E-state index in [1.54, 1.807) is 12.1 Å². The largest absolute Gasteiger partial charge is 0.478 e. The number of pyridine rings is 1. The van der Waals surface area contributed by atoms with Crippen LogP contribution in [-0.4, -0.2) is 53.5 Å². The van der Waals surface area contributed by atoms with Crippen molar-refractivity contribution in [1.29, 1.82) is 0 Å². The molecule has 4 N–H and O–H groups in total. The monoisotopic (exact) mass is 520 g/mol. The Morgan fingerprint density at radius 1 is 1.26 bits per heavy atom. The van der Waals surface area contributed by atoms with Gasteiger partial charge in [-0.1, -0.05) is 6.92 Å². The predicted molar refractivity (Wildman–Crippen MR) is 125 cm³/mol. The van der Waals surface area contributed by atoms with Gasteiger partial charge in [0, 0.05) is 48.0 Å². The van der Waals surface area contributed by atoms with Gasteiger partial charge in [-0.15, -0.1) is 0 Å². The van der Waals surface area contributed by atoms with E-state index in [1.807, 2.05) is 11.9 Å². The highest BCUT2D eigenvalue weighted by molar-refractivity contribution is 7.85. The van der Waals surface area contributed by atoms with Gasteiger partial charge in [0.2, 0.25) is 6.41 Å². The smallest absolute Gasteiger partial charge is 0.422 e. The van der Waals surface area contributed by atoms with E-state index >= 15 is 0 Å². The van der Waals surface area contributed by atoms with E-state index in [0.717, 1.165) is 25.1 Å². The first-order chi connectivity index (χ1) is 16.4. The number of anilines is 2. The van der Waals surface area contributed by atoms with Gasteiger partial charge in [-0.05, 0) is 30.4 Å². The molecule has 1 saturated heterocycles. The first kappa shape index (κ1) is 28.1. The van der Waals surface area contributed by atoms with Crippen molar-refractivity contribution < 1.29 is 36.0 Å². The molecule has 0 atom stereocenters. The van der Waals surface area contributed by atoms with Gasteiger partial charge in [0.15, 0.2) is 12.4 Å². The molecule has 2 heterocycles. The second-order valence-electron chi connectivity index (χ2n) is 8.33. The van der Waals surface area contributed by atoms with E-state index in [4.69, 9.17) is 15.3 Å². The summed E-state index contributed by atoms with van der Waals surface area (Å²) < 4.78 is 73.0. The zero-order valence-corrected chi connectivity index (χ0v) is 20.1. The Balaban J connectivity index is 0.00000137. The number of nitrogens with two attached hydrogens (primary N) is 2. The molecule has 0 bridgehead atoms. The number of aromatic nitrogens is 1. The number of nitrogen functional groups attached to an aromatic ring is 1. The molecule has 2 aromatic rings. The van der Waals surface area contributed by atoms with E-state index in [0.29, 0.717) is 29.4 Å². The Bertz CT molecular complexity index is 1030. The molecule has 0 saturated carbocycles. The molecular weight excluding hydrogens is 492 g/mol. The average molecular weight is 521 g/mol. The van der Waals surface area contributed by atoms with Crippen molar-refractivity contribution in [2.24, 2.45) is 11.1 Å². The molecule has 8 nitrogen and oxygen atoms in total. The Hall–Kier alpha value is -3.09. The molecule has 0 aliphatic carbocycles. The maximum atomic E-state index is 13.5. The van der Waals surface area contributed by atoms with Crippen LogP contribution in [0.1, 0.15) is 19.8 Å². The topological polar surface area (TPSA) is 121 Å². The highest BCUT2D eigenvalue weighted by Gasteiger charge is 2.32.